The number of nitrogens with two attached hydrogens (primary N) is 1. The quantitative estimate of drug-likeness (QED) is 0.680. The molecule has 1 amide bonds. The summed E-state index contributed by atoms with van der Waals surface area (Å²) in [6.07, 6.45) is 0. The molecule has 0 aromatic heterocycles. The standard InChI is InChI=1S/C13H9N3O5/c14-13(17)9-6-7-10(15(18)19)11(12(9)16(20)21)8-4-2-1-3-5-8/h1-7H,(H2,14,17). The highest BCUT2D eigenvalue weighted by molar-refractivity contribution is 6.02. The number of carbonyl (C=O) groups is 1. The number of benzene rings is 2. The van der Waals surface area contributed by atoms with Gasteiger partial charge in [0.25, 0.3) is 17.3 Å². The van der Waals surface area contributed by atoms with Crippen LogP contribution in [0.1, 0.15) is 10.4 Å². The Bertz CT molecular complexity index is 743. The highest BCUT2D eigenvalue weighted by Gasteiger charge is 2.31. The van der Waals surface area contributed by atoms with Gasteiger partial charge >= 0.3 is 0 Å². The third kappa shape index (κ3) is 2.54. The molecule has 2 rings (SSSR count). The van der Waals surface area contributed by atoms with Crippen LogP contribution in [0, 0.1) is 20.2 Å². The maximum atomic E-state index is 11.3. The SMILES string of the molecule is NC(=O)c1ccc([N+](=O)[O-])c(-c2ccccc2)c1[N+](=O)[O-]. The molecule has 0 spiro atoms. The van der Waals surface area contributed by atoms with E-state index in [4.69, 9.17) is 5.73 Å². The Labute approximate surface area is 118 Å². The van der Waals surface area contributed by atoms with Crippen LogP contribution < -0.4 is 5.73 Å². The zero-order valence-electron chi connectivity index (χ0n) is 10.6. The average molecular weight is 287 g/mol. The zero-order valence-corrected chi connectivity index (χ0v) is 10.6. The van der Waals surface area contributed by atoms with Crippen LogP contribution in [0.3, 0.4) is 0 Å². The van der Waals surface area contributed by atoms with Crippen molar-refractivity contribution in [1.29, 1.82) is 0 Å². The van der Waals surface area contributed by atoms with E-state index in [2.05, 4.69) is 0 Å². The number of rotatable bonds is 4. The van der Waals surface area contributed by atoms with Crippen LogP contribution in [0.5, 0.6) is 0 Å². The van der Waals surface area contributed by atoms with Crippen molar-refractivity contribution in [3.8, 4) is 11.1 Å². The Morgan fingerprint density at radius 3 is 2.05 bits per heavy atom. The molecule has 2 N–H and O–H groups in total. The minimum Gasteiger partial charge on any atom is -0.365 e. The van der Waals surface area contributed by atoms with Gasteiger partial charge in [-0.3, -0.25) is 25.0 Å². The molecule has 8 heteroatoms. The molecule has 2 aromatic carbocycles. The van der Waals surface area contributed by atoms with Crippen LogP contribution in [0.2, 0.25) is 0 Å². The van der Waals surface area contributed by atoms with E-state index in [0.29, 0.717) is 0 Å². The van der Waals surface area contributed by atoms with Gasteiger partial charge in [-0.05, 0) is 11.6 Å². The second-order valence-electron chi connectivity index (χ2n) is 4.10. The molecule has 0 atom stereocenters. The van der Waals surface area contributed by atoms with Crippen LogP contribution in [0.25, 0.3) is 11.1 Å². The van der Waals surface area contributed by atoms with Gasteiger partial charge in [-0.1, -0.05) is 30.3 Å². The van der Waals surface area contributed by atoms with E-state index in [9.17, 15) is 25.0 Å². The molecule has 0 aliphatic carbocycles. The maximum Gasteiger partial charge on any atom is 0.296 e. The third-order valence-corrected chi connectivity index (χ3v) is 2.86. The molecular weight excluding hydrogens is 278 g/mol. The van der Waals surface area contributed by atoms with Gasteiger partial charge in [-0.15, -0.1) is 0 Å². The van der Waals surface area contributed by atoms with Crippen LogP contribution in [0.15, 0.2) is 42.5 Å². The second-order valence-corrected chi connectivity index (χ2v) is 4.10. The number of nitrogens with zero attached hydrogens (tertiary/aromatic N) is 2. The molecule has 0 saturated heterocycles. The van der Waals surface area contributed by atoms with Gasteiger partial charge in [-0.2, -0.15) is 0 Å². The fourth-order valence-corrected chi connectivity index (χ4v) is 2.01. The number of primary amides is 1. The third-order valence-electron chi connectivity index (χ3n) is 2.86. The summed E-state index contributed by atoms with van der Waals surface area (Å²) in [7, 11) is 0. The summed E-state index contributed by atoms with van der Waals surface area (Å²) in [6, 6.07) is 9.83. The number of hydrogen-bond acceptors (Lipinski definition) is 5. The molecule has 0 heterocycles. The molecule has 0 saturated carbocycles. The summed E-state index contributed by atoms with van der Waals surface area (Å²) >= 11 is 0. The minimum atomic E-state index is -1.02. The molecule has 0 bridgehead atoms. The fourth-order valence-electron chi connectivity index (χ4n) is 2.01. The smallest absolute Gasteiger partial charge is 0.296 e. The maximum absolute atomic E-state index is 11.3. The van der Waals surface area contributed by atoms with Crippen LogP contribution in [0.4, 0.5) is 11.4 Å². The van der Waals surface area contributed by atoms with Gasteiger partial charge in [0, 0.05) is 6.07 Å². The fraction of sp³-hybridized carbons (Fsp3) is 0. The van der Waals surface area contributed by atoms with Crippen LogP contribution in [-0.4, -0.2) is 15.8 Å². The van der Waals surface area contributed by atoms with Gasteiger partial charge in [-0.25, -0.2) is 0 Å². The largest absolute Gasteiger partial charge is 0.365 e. The molecule has 2 aromatic rings. The first-order chi connectivity index (χ1) is 9.93. The lowest BCUT2D eigenvalue weighted by molar-refractivity contribution is -0.392. The Morgan fingerprint density at radius 1 is 0.952 bits per heavy atom. The molecule has 106 valence electrons. The van der Waals surface area contributed by atoms with E-state index in [1.807, 2.05) is 0 Å². The zero-order chi connectivity index (χ0) is 15.6. The Morgan fingerprint density at radius 2 is 1.57 bits per heavy atom. The minimum absolute atomic E-state index is 0.234. The van der Waals surface area contributed by atoms with Crippen LogP contribution in [-0.2, 0) is 0 Å². The van der Waals surface area contributed by atoms with E-state index in [-0.39, 0.29) is 16.7 Å². The van der Waals surface area contributed by atoms with E-state index in [1.165, 1.54) is 12.1 Å². The van der Waals surface area contributed by atoms with Gasteiger partial charge < -0.3 is 5.73 Å². The molecule has 0 fully saturated rings. The predicted octanol–water partition coefficient (Wildman–Crippen LogP) is 2.27. The molecular formula is C13H9N3O5. The average Bonchev–Trinajstić information content (AvgIpc) is 2.46. The Kier molecular flexibility index (Phi) is 3.61. The summed E-state index contributed by atoms with van der Waals surface area (Å²) in [4.78, 5) is 32.2. The lowest BCUT2D eigenvalue weighted by Crippen LogP contribution is -2.14. The van der Waals surface area contributed by atoms with Gasteiger partial charge in [0.1, 0.15) is 11.1 Å². The van der Waals surface area contributed by atoms with E-state index < -0.39 is 27.1 Å². The first-order valence-electron chi connectivity index (χ1n) is 5.74. The van der Waals surface area contributed by atoms with Crippen molar-refractivity contribution in [3.63, 3.8) is 0 Å². The molecule has 0 radical (unpaired) electrons. The Hall–Kier alpha value is -3.29. The monoisotopic (exact) mass is 287 g/mol. The molecule has 0 aliphatic rings. The van der Waals surface area contributed by atoms with Crippen molar-refractivity contribution in [2.24, 2.45) is 5.73 Å². The molecule has 0 aliphatic heterocycles. The van der Waals surface area contributed by atoms with Crippen molar-refractivity contribution in [2.75, 3.05) is 0 Å². The predicted molar refractivity (Wildman–Crippen MR) is 73.7 cm³/mol. The Balaban J connectivity index is 2.92. The number of amides is 1. The van der Waals surface area contributed by atoms with Crippen LogP contribution >= 0.6 is 0 Å². The summed E-state index contributed by atoms with van der Waals surface area (Å²) < 4.78 is 0. The number of nitro groups is 2. The topological polar surface area (TPSA) is 129 Å². The van der Waals surface area contributed by atoms with Gasteiger partial charge in [0.05, 0.1) is 9.85 Å². The van der Waals surface area contributed by atoms with E-state index >= 15 is 0 Å². The lowest BCUT2D eigenvalue weighted by Gasteiger charge is -2.07. The normalized spacial score (nSPS) is 10.1. The number of carbonyl (C=O) groups excluding carboxylic acids is 1. The van der Waals surface area contributed by atoms with E-state index in [1.54, 1.807) is 18.2 Å². The molecule has 8 nitrogen and oxygen atoms in total. The summed E-state index contributed by atoms with van der Waals surface area (Å²) in [5.74, 6) is -1.02. The van der Waals surface area contributed by atoms with Gasteiger partial charge in [0.2, 0.25) is 0 Å². The molecule has 21 heavy (non-hydrogen) atoms. The lowest BCUT2D eigenvalue weighted by atomic mass is 9.98. The number of hydrogen-bond donors (Lipinski definition) is 1. The van der Waals surface area contributed by atoms with Crippen molar-refractivity contribution < 1.29 is 14.6 Å². The van der Waals surface area contributed by atoms with Crippen molar-refractivity contribution in [3.05, 3.63) is 68.3 Å². The second kappa shape index (κ2) is 5.37. The number of nitro benzene ring substituents is 2. The van der Waals surface area contributed by atoms with Crippen molar-refractivity contribution >= 4 is 17.3 Å². The summed E-state index contributed by atoms with van der Waals surface area (Å²) in [5, 5.41) is 22.4. The van der Waals surface area contributed by atoms with Crippen molar-refractivity contribution in [1.82, 2.24) is 0 Å². The van der Waals surface area contributed by atoms with Gasteiger partial charge in [0.15, 0.2) is 0 Å². The highest BCUT2D eigenvalue weighted by atomic mass is 16.6. The summed E-state index contributed by atoms with van der Waals surface area (Å²) in [5.41, 5.74) is 3.65. The first-order valence-corrected chi connectivity index (χ1v) is 5.74. The summed E-state index contributed by atoms with van der Waals surface area (Å²) in [6.45, 7) is 0. The molecule has 0 unspecified atom stereocenters. The highest BCUT2D eigenvalue weighted by Crippen LogP contribution is 2.40. The van der Waals surface area contributed by atoms with E-state index in [0.717, 1.165) is 12.1 Å². The van der Waals surface area contributed by atoms with Crippen molar-refractivity contribution in [2.45, 2.75) is 0 Å². The first kappa shape index (κ1) is 14.1.